The van der Waals surface area contributed by atoms with Gasteiger partial charge in [-0.1, -0.05) is 54.2 Å². The van der Waals surface area contributed by atoms with Gasteiger partial charge in [-0.25, -0.2) is 0 Å². The number of benzene rings is 2. The van der Waals surface area contributed by atoms with Crippen molar-refractivity contribution < 1.29 is 4.79 Å². The highest BCUT2D eigenvalue weighted by Gasteiger charge is 2.23. The van der Waals surface area contributed by atoms with E-state index in [1.165, 1.54) is 10.6 Å². The highest BCUT2D eigenvalue weighted by Crippen LogP contribution is 2.45. The quantitative estimate of drug-likeness (QED) is 0.711. The van der Waals surface area contributed by atoms with Gasteiger partial charge < -0.3 is 4.90 Å². The summed E-state index contributed by atoms with van der Waals surface area (Å²) >= 11 is 1.75. The van der Waals surface area contributed by atoms with E-state index in [2.05, 4.69) is 42.2 Å². The van der Waals surface area contributed by atoms with Gasteiger partial charge in [0.1, 0.15) is 0 Å². The molecule has 2 nitrogen and oxygen atoms in total. The first kappa shape index (κ1) is 15.0. The van der Waals surface area contributed by atoms with Crippen LogP contribution in [-0.2, 0) is 4.79 Å². The zero-order valence-electron chi connectivity index (χ0n) is 13.4. The number of allylic oxidation sites excluding steroid dienone is 4. The number of carbonyl (C=O) groups is 1. The molecule has 0 saturated carbocycles. The first-order valence-corrected chi connectivity index (χ1v) is 8.88. The predicted molar refractivity (Wildman–Crippen MR) is 102 cm³/mol. The molecule has 0 unspecified atom stereocenters. The number of thioether (sulfide) groups is 1. The van der Waals surface area contributed by atoms with Crippen molar-refractivity contribution in [3.8, 4) is 0 Å². The van der Waals surface area contributed by atoms with Gasteiger partial charge in [0, 0.05) is 17.0 Å². The molecule has 0 saturated heterocycles. The van der Waals surface area contributed by atoms with Crippen LogP contribution < -0.4 is 4.90 Å². The average Bonchev–Trinajstić information content (AvgIpc) is 2.98. The Morgan fingerprint density at radius 2 is 1.79 bits per heavy atom. The highest BCUT2D eigenvalue weighted by molar-refractivity contribution is 8.03. The minimum Gasteiger partial charge on any atom is -0.335 e. The van der Waals surface area contributed by atoms with E-state index in [9.17, 15) is 4.79 Å². The van der Waals surface area contributed by atoms with Crippen molar-refractivity contribution in [3.63, 3.8) is 0 Å². The number of ketones is 1. The van der Waals surface area contributed by atoms with Crippen molar-refractivity contribution >= 4 is 34.9 Å². The molecule has 0 N–H and O–H groups in total. The molecule has 1 heterocycles. The lowest BCUT2D eigenvalue weighted by Crippen LogP contribution is -2.16. The number of hydrogen-bond acceptors (Lipinski definition) is 3. The minimum absolute atomic E-state index is 0.0640. The standard InChI is InChI=1S/C21H17NOS/c1-2-22-18-9-5-6-10-20(18)24-21(22)14-12-17-16-8-4-3-7-15(16)11-13-19(17)23/h3-14H,2H2,1H3/b17-12-,21-14-. The number of carbonyl (C=O) groups excluding carboxylic acids is 1. The summed E-state index contributed by atoms with van der Waals surface area (Å²) in [4.78, 5) is 15.9. The molecule has 0 amide bonds. The van der Waals surface area contributed by atoms with Crippen LogP contribution in [0.4, 0.5) is 5.69 Å². The summed E-state index contributed by atoms with van der Waals surface area (Å²) < 4.78 is 0. The molecule has 1 aliphatic carbocycles. The Balaban J connectivity index is 1.73. The van der Waals surface area contributed by atoms with E-state index in [0.29, 0.717) is 0 Å². The lowest BCUT2D eigenvalue weighted by atomic mass is 9.91. The summed E-state index contributed by atoms with van der Waals surface area (Å²) in [5.74, 6) is 0.0640. The second kappa shape index (κ2) is 6.17. The normalized spacial score (nSPS) is 19.0. The van der Waals surface area contributed by atoms with Gasteiger partial charge in [0.15, 0.2) is 5.78 Å². The van der Waals surface area contributed by atoms with Gasteiger partial charge in [0.05, 0.1) is 10.7 Å². The average molecular weight is 331 g/mol. The van der Waals surface area contributed by atoms with Crippen LogP contribution in [0.1, 0.15) is 18.1 Å². The topological polar surface area (TPSA) is 20.3 Å². The first-order valence-electron chi connectivity index (χ1n) is 8.06. The molecule has 3 heteroatoms. The van der Waals surface area contributed by atoms with E-state index in [1.54, 1.807) is 17.8 Å². The molecule has 0 bridgehead atoms. The predicted octanol–water partition coefficient (Wildman–Crippen LogP) is 5.14. The third-order valence-electron chi connectivity index (χ3n) is 4.28. The second-order valence-electron chi connectivity index (χ2n) is 5.68. The van der Waals surface area contributed by atoms with E-state index < -0.39 is 0 Å². The molecule has 0 radical (unpaired) electrons. The first-order chi connectivity index (χ1) is 11.8. The molecular formula is C21H17NOS. The fraction of sp³-hybridized carbons (Fsp3) is 0.0952. The van der Waals surface area contributed by atoms with Crippen LogP contribution in [0.2, 0.25) is 0 Å². The zero-order chi connectivity index (χ0) is 16.5. The number of para-hydroxylation sites is 1. The van der Waals surface area contributed by atoms with E-state index in [1.807, 2.05) is 36.4 Å². The molecule has 0 fully saturated rings. The fourth-order valence-corrected chi connectivity index (χ4v) is 4.23. The number of rotatable bonds is 2. The van der Waals surface area contributed by atoms with Crippen molar-refractivity contribution in [1.29, 1.82) is 0 Å². The Morgan fingerprint density at radius 3 is 2.67 bits per heavy atom. The third kappa shape index (κ3) is 2.51. The largest absolute Gasteiger partial charge is 0.335 e. The molecule has 1 aliphatic heterocycles. The summed E-state index contributed by atoms with van der Waals surface area (Å²) in [6, 6.07) is 16.4. The summed E-state index contributed by atoms with van der Waals surface area (Å²) in [6.07, 6.45) is 7.57. The van der Waals surface area contributed by atoms with Gasteiger partial charge in [-0.2, -0.15) is 0 Å². The maximum Gasteiger partial charge on any atom is 0.186 e. The molecule has 2 aromatic carbocycles. The van der Waals surface area contributed by atoms with Crippen LogP contribution in [0.15, 0.2) is 76.7 Å². The van der Waals surface area contributed by atoms with Crippen molar-refractivity contribution in [1.82, 2.24) is 0 Å². The Labute approximate surface area is 146 Å². The third-order valence-corrected chi connectivity index (χ3v) is 5.41. The van der Waals surface area contributed by atoms with Gasteiger partial charge in [0.2, 0.25) is 0 Å². The highest BCUT2D eigenvalue weighted by atomic mass is 32.2. The smallest absolute Gasteiger partial charge is 0.186 e. The molecule has 2 aromatic rings. The maximum absolute atomic E-state index is 12.3. The Bertz CT molecular complexity index is 908. The molecule has 0 spiro atoms. The summed E-state index contributed by atoms with van der Waals surface area (Å²) in [7, 11) is 0. The van der Waals surface area contributed by atoms with E-state index in [4.69, 9.17) is 0 Å². The minimum atomic E-state index is 0.0640. The lowest BCUT2D eigenvalue weighted by Gasteiger charge is -2.18. The molecule has 118 valence electrons. The number of nitrogens with zero attached hydrogens (tertiary/aromatic N) is 1. The van der Waals surface area contributed by atoms with Gasteiger partial charge in [0.25, 0.3) is 0 Å². The molecular weight excluding hydrogens is 314 g/mol. The second-order valence-corrected chi connectivity index (χ2v) is 6.75. The summed E-state index contributed by atoms with van der Waals surface area (Å²) in [5.41, 5.74) is 4.10. The SMILES string of the molecule is CCN1/C(=C/C=C2\C(=O)C=Cc3ccccc32)Sc2ccccc21. The molecule has 24 heavy (non-hydrogen) atoms. The number of hydrogen-bond donors (Lipinski definition) is 0. The van der Waals surface area contributed by atoms with E-state index >= 15 is 0 Å². The van der Waals surface area contributed by atoms with Crippen LogP contribution in [0.25, 0.3) is 11.6 Å². The summed E-state index contributed by atoms with van der Waals surface area (Å²) in [6.45, 7) is 3.05. The van der Waals surface area contributed by atoms with Crippen molar-refractivity contribution in [2.75, 3.05) is 11.4 Å². The Hall–Kier alpha value is -2.52. The van der Waals surface area contributed by atoms with Crippen LogP contribution in [0.5, 0.6) is 0 Å². The van der Waals surface area contributed by atoms with Crippen LogP contribution in [0, 0.1) is 0 Å². The number of anilines is 1. The lowest BCUT2D eigenvalue weighted by molar-refractivity contribution is -0.109. The number of fused-ring (bicyclic) bond motifs is 2. The molecule has 0 aromatic heterocycles. The Kier molecular flexibility index (Phi) is 3.87. The van der Waals surface area contributed by atoms with Crippen molar-refractivity contribution in [3.05, 3.63) is 82.9 Å². The zero-order valence-corrected chi connectivity index (χ0v) is 14.2. The molecule has 2 aliphatic rings. The summed E-state index contributed by atoms with van der Waals surface area (Å²) in [5, 5.41) is 1.16. The Morgan fingerprint density at radius 1 is 1.00 bits per heavy atom. The van der Waals surface area contributed by atoms with Gasteiger partial charge in [-0.05, 0) is 48.4 Å². The monoisotopic (exact) mass is 331 g/mol. The molecule has 0 atom stereocenters. The maximum atomic E-state index is 12.3. The van der Waals surface area contributed by atoms with Crippen molar-refractivity contribution in [2.24, 2.45) is 0 Å². The van der Waals surface area contributed by atoms with E-state index in [0.717, 1.165) is 28.3 Å². The van der Waals surface area contributed by atoms with Gasteiger partial charge in [-0.3, -0.25) is 4.79 Å². The van der Waals surface area contributed by atoms with Crippen molar-refractivity contribution in [2.45, 2.75) is 11.8 Å². The van der Waals surface area contributed by atoms with Crippen LogP contribution in [-0.4, -0.2) is 12.3 Å². The van der Waals surface area contributed by atoms with E-state index in [-0.39, 0.29) is 5.78 Å². The van der Waals surface area contributed by atoms with Gasteiger partial charge >= 0.3 is 0 Å². The van der Waals surface area contributed by atoms with Gasteiger partial charge in [-0.15, -0.1) is 0 Å². The molecule has 4 rings (SSSR count). The van der Waals surface area contributed by atoms with Crippen LogP contribution in [0.3, 0.4) is 0 Å². The van der Waals surface area contributed by atoms with Crippen LogP contribution >= 0.6 is 11.8 Å². The fourth-order valence-electron chi connectivity index (χ4n) is 3.11.